The van der Waals surface area contributed by atoms with E-state index in [0.29, 0.717) is 0 Å². The van der Waals surface area contributed by atoms with E-state index in [4.69, 9.17) is 0 Å². The maximum Gasteiger partial charge on any atom is 0.0240 e. The van der Waals surface area contributed by atoms with Crippen LogP contribution in [0, 0.1) is 0 Å². The molecule has 0 spiro atoms. The molecule has 1 N–H and O–H groups in total. The van der Waals surface area contributed by atoms with Gasteiger partial charge >= 0.3 is 0 Å². The van der Waals surface area contributed by atoms with E-state index in [2.05, 4.69) is 36.0 Å². The van der Waals surface area contributed by atoms with Crippen molar-refractivity contribution in [2.24, 2.45) is 0 Å². The number of rotatable bonds is 3. The Hall–Kier alpha value is -0.120. The first-order valence-corrected chi connectivity index (χ1v) is 7.89. The van der Waals surface area contributed by atoms with Crippen LogP contribution < -0.4 is 5.32 Å². The third kappa shape index (κ3) is 2.33. The van der Waals surface area contributed by atoms with Crippen molar-refractivity contribution in [1.29, 1.82) is 0 Å². The fraction of sp³-hybridized carbons (Fsp3) is 1.00. The molecule has 2 bridgehead atoms. The highest BCUT2D eigenvalue weighted by Crippen LogP contribution is 2.32. The van der Waals surface area contributed by atoms with Crippen LogP contribution in [0.1, 0.15) is 46.0 Å². The Bertz CT molecular complexity index is 271. The topological polar surface area (TPSA) is 18.5 Å². The summed E-state index contributed by atoms with van der Waals surface area (Å²) in [5.74, 6) is 0. The quantitative estimate of drug-likeness (QED) is 0.823. The Kier molecular flexibility index (Phi) is 3.65. The number of nitrogens with one attached hydrogen (secondary N) is 1. The van der Waals surface area contributed by atoms with Gasteiger partial charge < -0.3 is 10.2 Å². The normalized spacial score (nSPS) is 45.0. The lowest BCUT2D eigenvalue weighted by atomic mass is 9.96. The molecule has 104 valence electrons. The van der Waals surface area contributed by atoms with Crippen molar-refractivity contribution in [3.63, 3.8) is 0 Å². The van der Waals surface area contributed by atoms with Gasteiger partial charge in [0.2, 0.25) is 0 Å². The van der Waals surface area contributed by atoms with Crippen molar-refractivity contribution in [3.8, 4) is 0 Å². The summed E-state index contributed by atoms with van der Waals surface area (Å²) in [6.45, 7) is 7.23. The second-order valence-electron chi connectivity index (χ2n) is 6.77. The molecule has 0 aromatic heterocycles. The van der Waals surface area contributed by atoms with E-state index >= 15 is 0 Å². The zero-order valence-corrected chi connectivity index (χ0v) is 12.2. The lowest BCUT2D eigenvalue weighted by molar-refractivity contribution is 0.103. The van der Waals surface area contributed by atoms with Gasteiger partial charge in [-0.1, -0.05) is 6.92 Å². The Balaban J connectivity index is 1.65. The van der Waals surface area contributed by atoms with Crippen molar-refractivity contribution < 1.29 is 0 Å². The van der Waals surface area contributed by atoms with Gasteiger partial charge in [0.1, 0.15) is 0 Å². The predicted octanol–water partition coefficient (Wildman–Crippen LogP) is 1.68. The van der Waals surface area contributed by atoms with E-state index in [1.54, 1.807) is 0 Å². The van der Waals surface area contributed by atoms with E-state index in [1.165, 1.54) is 45.2 Å². The Morgan fingerprint density at radius 3 is 2.28 bits per heavy atom. The molecule has 0 saturated carbocycles. The van der Waals surface area contributed by atoms with E-state index in [0.717, 1.165) is 30.2 Å². The van der Waals surface area contributed by atoms with Gasteiger partial charge in [0.25, 0.3) is 0 Å². The largest absolute Gasteiger partial charge is 0.311 e. The van der Waals surface area contributed by atoms with Gasteiger partial charge in [-0.05, 0) is 52.6 Å². The maximum absolute atomic E-state index is 3.77. The summed E-state index contributed by atoms with van der Waals surface area (Å²) < 4.78 is 0. The first-order chi connectivity index (χ1) is 8.67. The molecule has 3 aliphatic heterocycles. The molecule has 0 radical (unpaired) electrons. The minimum atomic E-state index is 0.766. The van der Waals surface area contributed by atoms with Crippen LogP contribution in [-0.4, -0.2) is 60.1 Å². The summed E-state index contributed by atoms with van der Waals surface area (Å²) in [6, 6.07) is 4.05. The SMILES string of the molecule is CCN(C1CC2CCC(C1)N2)C1CC(C)N(C)C1. The predicted molar refractivity (Wildman–Crippen MR) is 75.8 cm³/mol. The van der Waals surface area contributed by atoms with Crippen LogP contribution in [0.15, 0.2) is 0 Å². The molecular formula is C15H29N3. The highest BCUT2D eigenvalue weighted by atomic mass is 15.3. The zero-order chi connectivity index (χ0) is 12.7. The van der Waals surface area contributed by atoms with Gasteiger partial charge in [0.15, 0.2) is 0 Å². The van der Waals surface area contributed by atoms with Crippen LogP contribution in [0.25, 0.3) is 0 Å². The average molecular weight is 251 g/mol. The Morgan fingerprint density at radius 2 is 1.78 bits per heavy atom. The van der Waals surface area contributed by atoms with Crippen molar-refractivity contribution in [2.75, 3.05) is 20.1 Å². The van der Waals surface area contributed by atoms with Crippen LogP contribution in [0.2, 0.25) is 0 Å². The summed E-state index contributed by atoms with van der Waals surface area (Å²) in [5, 5.41) is 3.77. The molecule has 3 rings (SSSR count). The molecule has 0 aliphatic carbocycles. The highest BCUT2D eigenvalue weighted by Gasteiger charge is 2.39. The third-order valence-corrected chi connectivity index (χ3v) is 5.62. The molecule has 0 aromatic carbocycles. The lowest BCUT2D eigenvalue weighted by Crippen LogP contribution is -2.52. The first-order valence-electron chi connectivity index (χ1n) is 7.89. The van der Waals surface area contributed by atoms with E-state index in [1.807, 2.05) is 0 Å². The van der Waals surface area contributed by atoms with Gasteiger partial charge in [-0.25, -0.2) is 0 Å². The van der Waals surface area contributed by atoms with Crippen molar-refractivity contribution in [2.45, 2.75) is 76.2 Å². The van der Waals surface area contributed by atoms with Crippen LogP contribution in [0.3, 0.4) is 0 Å². The molecule has 3 heterocycles. The van der Waals surface area contributed by atoms with Gasteiger partial charge in [-0.3, -0.25) is 4.90 Å². The molecule has 4 atom stereocenters. The molecule has 3 fully saturated rings. The number of nitrogens with zero attached hydrogens (tertiary/aromatic N) is 2. The second-order valence-corrected chi connectivity index (χ2v) is 6.77. The fourth-order valence-corrected chi connectivity index (χ4v) is 4.51. The molecule has 3 saturated heterocycles. The first kappa shape index (κ1) is 12.9. The summed E-state index contributed by atoms with van der Waals surface area (Å²) >= 11 is 0. The maximum atomic E-state index is 3.77. The lowest BCUT2D eigenvalue weighted by Gasteiger charge is -2.40. The number of hydrogen-bond donors (Lipinski definition) is 1. The molecule has 3 heteroatoms. The third-order valence-electron chi connectivity index (χ3n) is 5.62. The van der Waals surface area contributed by atoms with Gasteiger partial charge in [0.05, 0.1) is 0 Å². The van der Waals surface area contributed by atoms with Gasteiger partial charge in [-0.2, -0.15) is 0 Å². The monoisotopic (exact) mass is 251 g/mol. The van der Waals surface area contributed by atoms with E-state index < -0.39 is 0 Å². The van der Waals surface area contributed by atoms with E-state index in [-0.39, 0.29) is 0 Å². The van der Waals surface area contributed by atoms with Crippen LogP contribution in [0.4, 0.5) is 0 Å². The highest BCUT2D eigenvalue weighted by molar-refractivity contribution is 4.98. The average Bonchev–Trinajstić information content (AvgIpc) is 2.84. The fourth-order valence-electron chi connectivity index (χ4n) is 4.51. The minimum absolute atomic E-state index is 0.766. The summed E-state index contributed by atoms with van der Waals surface area (Å²) in [5.41, 5.74) is 0. The second kappa shape index (κ2) is 5.10. The summed E-state index contributed by atoms with van der Waals surface area (Å²) in [4.78, 5) is 5.36. The van der Waals surface area contributed by atoms with Gasteiger partial charge in [0, 0.05) is 36.8 Å². The molecule has 4 unspecified atom stereocenters. The van der Waals surface area contributed by atoms with Crippen LogP contribution in [0.5, 0.6) is 0 Å². The number of hydrogen-bond acceptors (Lipinski definition) is 3. The summed E-state index contributed by atoms with van der Waals surface area (Å²) in [6.07, 6.45) is 6.97. The van der Waals surface area contributed by atoms with Crippen molar-refractivity contribution in [3.05, 3.63) is 0 Å². The zero-order valence-electron chi connectivity index (χ0n) is 12.2. The molecule has 0 aromatic rings. The smallest absolute Gasteiger partial charge is 0.0240 e. The Morgan fingerprint density at radius 1 is 1.11 bits per heavy atom. The number of likely N-dealkylation sites (tertiary alicyclic amines) is 1. The molecule has 18 heavy (non-hydrogen) atoms. The number of likely N-dealkylation sites (N-methyl/N-ethyl adjacent to an activating group) is 2. The van der Waals surface area contributed by atoms with Gasteiger partial charge in [-0.15, -0.1) is 0 Å². The molecule has 0 amide bonds. The minimum Gasteiger partial charge on any atom is -0.311 e. The standard InChI is InChI=1S/C15H29N3/c1-4-18(15-7-11(2)17(3)10-15)14-8-12-5-6-13(9-14)16-12/h11-16H,4-10H2,1-3H3. The molecular weight excluding hydrogens is 222 g/mol. The molecule has 3 aliphatic rings. The van der Waals surface area contributed by atoms with Crippen LogP contribution >= 0.6 is 0 Å². The number of fused-ring (bicyclic) bond motifs is 2. The van der Waals surface area contributed by atoms with Crippen LogP contribution in [-0.2, 0) is 0 Å². The Labute approximate surface area is 112 Å². The van der Waals surface area contributed by atoms with Crippen molar-refractivity contribution in [1.82, 2.24) is 15.1 Å². The summed E-state index contributed by atoms with van der Waals surface area (Å²) in [7, 11) is 2.28. The molecule has 3 nitrogen and oxygen atoms in total. The number of piperidine rings is 1. The van der Waals surface area contributed by atoms with Crippen molar-refractivity contribution >= 4 is 0 Å². The van der Waals surface area contributed by atoms with E-state index in [9.17, 15) is 0 Å².